The molecular formula is C29H36N2O4. The zero-order valence-electron chi connectivity index (χ0n) is 21.1. The Morgan fingerprint density at radius 3 is 2.43 bits per heavy atom. The molecule has 4 rings (SSSR count). The molecule has 0 aliphatic carbocycles. The third-order valence-corrected chi connectivity index (χ3v) is 6.60. The third kappa shape index (κ3) is 5.77. The Labute approximate surface area is 207 Å². The Morgan fingerprint density at radius 1 is 1.03 bits per heavy atom. The van der Waals surface area contributed by atoms with Gasteiger partial charge in [0.15, 0.2) is 0 Å². The standard InChI is InChI=1S/C29H36N2O4/c1-19(2)21-17-24(20(3)4)28(32)25(18-21)29(33)30-26-9-10-27(23-8-6-5-7-22(23)26)35-16-13-31-11-14-34-15-12-31/h5-10,17-20,32H,11-16H2,1-4H3,(H,30,33). The number of hydrogen-bond acceptors (Lipinski definition) is 5. The second-order valence-corrected chi connectivity index (χ2v) is 9.73. The molecule has 0 aromatic heterocycles. The maximum atomic E-state index is 13.3. The van der Waals surface area contributed by atoms with Crippen molar-refractivity contribution in [2.75, 3.05) is 44.8 Å². The summed E-state index contributed by atoms with van der Waals surface area (Å²) in [5.74, 6) is 0.871. The first kappa shape index (κ1) is 25.0. The van der Waals surface area contributed by atoms with Gasteiger partial charge in [0.1, 0.15) is 18.1 Å². The van der Waals surface area contributed by atoms with Crippen LogP contribution in [0.1, 0.15) is 61.0 Å². The number of phenolic OH excluding ortho intramolecular Hbond substituents is 1. The Hall–Kier alpha value is -3.09. The van der Waals surface area contributed by atoms with E-state index in [1.54, 1.807) is 6.07 Å². The molecule has 0 spiro atoms. The van der Waals surface area contributed by atoms with E-state index in [4.69, 9.17) is 9.47 Å². The van der Waals surface area contributed by atoms with Crippen molar-refractivity contribution in [2.24, 2.45) is 0 Å². The molecule has 3 aromatic rings. The summed E-state index contributed by atoms with van der Waals surface area (Å²) in [5.41, 5.74) is 2.81. The minimum atomic E-state index is -0.321. The van der Waals surface area contributed by atoms with Crippen LogP contribution < -0.4 is 10.1 Å². The van der Waals surface area contributed by atoms with Crippen LogP contribution in [0.5, 0.6) is 11.5 Å². The molecule has 1 heterocycles. The average molecular weight is 477 g/mol. The second-order valence-electron chi connectivity index (χ2n) is 9.73. The molecule has 1 saturated heterocycles. The number of benzene rings is 3. The van der Waals surface area contributed by atoms with Crippen LogP contribution in [0.15, 0.2) is 48.5 Å². The van der Waals surface area contributed by atoms with Crippen molar-refractivity contribution in [1.29, 1.82) is 0 Å². The number of rotatable bonds is 8. The maximum Gasteiger partial charge on any atom is 0.259 e. The summed E-state index contributed by atoms with van der Waals surface area (Å²) in [4.78, 5) is 15.7. The van der Waals surface area contributed by atoms with Crippen LogP contribution in [0, 0.1) is 0 Å². The van der Waals surface area contributed by atoms with Crippen LogP contribution in [0.2, 0.25) is 0 Å². The number of morpholine rings is 1. The zero-order valence-corrected chi connectivity index (χ0v) is 21.1. The fraction of sp³-hybridized carbons (Fsp3) is 0.414. The van der Waals surface area contributed by atoms with Gasteiger partial charge < -0.3 is 19.9 Å². The lowest BCUT2D eigenvalue weighted by Gasteiger charge is -2.26. The van der Waals surface area contributed by atoms with E-state index >= 15 is 0 Å². The molecule has 0 unspecified atom stereocenters. The normalized spacial score (nSPS) is 14.6. The highest BCUT2D eigenvalue weighted by atomic mass is 16.5. The van der Waals surface area contributed by atoms with Gasteiger partial charge in [-0.25, -0.2) is 0 Å². The molecule has 35 heavy (non-hydrogen) atoms. The minimum Gasteiger partial charge on any atom is -0.507 e. The predicted molar refractivity (Wildman–Crippen MR) is 141 cm³/mol. The van der Waals surface area contributed by atoms with Crippen LogP contribution >= 0.6 is 0 Å². The van der Waals surface area contributed by atoms with Gasteiger partial charge in [0.25, 0.3) is 5.91 Å². The number of ether oxygens (including phenoxy) is 2. The van der Waals surface area contributed by atoms with Crippen molar-refractivity contribution in [2.45, 2.75) is 39.5 Å². The molecule has 1 aliphatic rings. The van der Waals surface area contributed by atoms with E-state index in [2.05, 4.69) is 24.1 Å². The monoisotopic (exact) mass is 476 g/mol. The Kier molecular flexibility index (Phi) is 7.93. The molecule has 1 aliphatic heterocycles. The molecule has 2 N–H and O–H groups in total. The maximum absolute atomic E-state index is 13.3. The molecule has 0 saturated carbocycles. The molecule has 186 valence electrons. The van der Waals surface area contributed by atoms with E-state index in [9.17, 15) is 9.90 Å². The van der Waals surface area contributed by atoms with Gasteiger partial charge >= 0.3 is 0 Å². The van der Waals surface area contributed by atoms with E-state index < -0.39 is 0 Å². The van der Waals surface area contributed by atoms with Crippen molar-refractivity contribution < 1.29 is 19.4 Å². The van der Waals surface area contributed by atoms with E-state index in [1.807, 2.05) is 56.3 Å². The number of hydrogen-bond donors (Lipinski definition) is 2. The molecule has 0 atom stereocenters. The van der Waals surface area contributed by atoms with Crippen molar-refractivity contribution in [3.05, 3.63) is 65.2 Å². The smallest absolute Gasteiger partial charge is 0.259 e. The fourth-order valence-corrected chi connectivity index (χ4v) is 4.43. The molecule has 0 bridgehead atoms. The van der Waals surface area contributed by atoms with E-state index in [-0.39, 0.29) is 23.5 Å². The molecule has 1 fully saturated rings. The van der Waals surface area contributed by atoms with E-state index in [0.717, 1.165) is 60.5 Å². The van der Waals surface area contributed by atoms with Gasteiger partial charge in [0.05, 0.1) is 18.8 Å². The van der Waals surface area contributed by atoms with Gasteiger partial charge in [-0.1, -0.05) is 58.0 Å². The van der Waals surface area contributed by atoms with Gasteiger partial charge in [0.2, 0.25) is 0 Å². The Bertz CT molecular complexity index is 1180. The lowest BCUT2D eigenvalue weighted by Crippen LogP contribution is -2.38. The minimum absolute atomic E-state index is 0.0503. The first-order chi connectivity index (χ1) is 16.8. The Balaban J connectivity index is 1.57. The van der Waals surface area contributed by atoms with Crippen molar-refractivity contribution in [3.8, 4) is 11.5 Å². The summed E-state index contributed by atoms with van der Waals surface area (Å²) in [6, 6.07) is 15.5. The number of carbonyl (C=O) groups is 1. The third-order valence-electron chi connectivity index (χ3n) is 6.60. The number of nitrogens with zero attached hydrogens (tertiary/aromatic N) is 1. The molecule has 3 aromatic carbocycles. The second kappa shape index (κ2) is 11.1. The number of aromatic hydroxyl groups is 1. The number of anilines is 1. The predicted octanol–water partition coefficient (Wildman–Crippen LogP) is 5.76. The molecule has 6 nitrogen and oxygen atoms in total. The zero-order chi connectivity index (χ0) is 24.9. The topological polar surface area (TPSA) is 71.0 Å². The number of amides is 1. The van der Waals surface area contributed by atoms with Gasteiger partial charge in [0, 0.05) is 36.1 Å². The number of fused-ring (bicyclic) bond motifs is 1. The quantitative estimate of drug-likeness (QED) is 0.433. The van der Waals surface area contributed by atoms with Crippen molar-refractivity contribution >= 4 is 22.4 Å². The lowest BCUT2D eigenvalue weighted by molar-refractivity contribution is 0.0323. The highest BCUT2D eigenvalue weighted by molar-refractivity contribution is 6.11. The van der Waals surface area contributed by atoms with Crippen LogP contribution in [0.3, 0.4) is 0 Å². The summed E-state index contributed by atoms with van der Waals surface area (Å²) in [6.45, 7) is 13.0. The first-order valence-corrected chi connectivity index (χ1v) is 12.5. The van der Waals surface area contributed by atoms with E-state index in [1.165, 1.54) is 0 Å². The average Bonchev–Trinajstić information content (AvgIpc) is 2.85. The van der Waals surface area contributed by atoms with Gasteiger partial charge in [-0.15, -0.1) is 0 Å². The highest BCUT2D eigenvalue weighted by Gasteiger charge is 2.20. The summed E-state index contributed by atoms with van der Waals surface area (Å²) in [5, 5.41) is 15.8. The summed E-state index contributed by atoms with van der Waals surface area (Å²) < 4.78 is 11.5. The lowest BCUT2D eigenvalue weighted by atomic mass is 9.91. The summed E-state index contributed by atoms with van der Waals surface area (Å²) in [6.07, 6.45) is 0. The molecule has 1 amide bonds. The molecule has 0 radical (unpaired) electrons. The van der Waals surface area contributed by atoms with E-state index in [0.29, 0.717) is 17.9 Å². The highest BCUT2D eigenvalue weighted by Crippen LogP contribution is 2.35. The van der Waals surface area contributed by atoms with Gasteiger partial charge in [-0.2, -0.15) is 0 Å². The molecule has 6 heteroatoms. The number of carbonyl (C=O) groups excluding carboxylic acids is 1. The number of phenols is 1. The van der Waals surface area contributed by atoms with Crippen LogP contribution in [-0.2, 0) is 4.74 Å². The van der Waals surface area contributed by atoms with Crippen LogP contribution in [0.25, 0.3) is 10.8 Å². The van der Waals surface area contributed by atoms with Gasteiger partial charge in [-0.3, -0.25) is 9.69 Å². The van der Waals surface area contributed by atoms with Gasteiger partial charge in [-0.05, 0) is 41.2 Å². The molecular weight excluding hydrogens is 440 g/mol. The van der Waals surface area contributed by atoms with Crippen LogP contribution in [0.4, 0.5) is 5.69 Å². The largest absolute Gasteiger partial charge is 0.507 e. The van der Waals surface area contributed by atoms with Crippen molar-refractivity contribution in [3.63, 3.8) is 0 Å². The fourth-order valence-electron chi connectivity index (χ4n) is 4.43. The summed E-state index contributed by atoms with van der Waals surface area (Å²) >= 11 is 0. The first-order valence-electron chi connectivity index (χ1n) is 12.5. The summed E-state index contributed by atoms with van der Waals surface area (Å²) in [7, 11) is 0. The Morgan fingerprint density at radius 2 is 1.74 bits per heavy atom. The van der Waals surface area contributed by atoms with Crippen LogP contribution in [-0.4, -0.2) is 55.4 Å². The SMILES string of the molecule is CC(C)c1cc(C(=O)Nc2ccc(OCCN3CCOCC3)c3ccccc23)c(O)c(C(C)C)c1. The number of nitrogens with one attached hydrogen (secondary N) is 1. The van der Waals surface area contributed by atoms with Crippen molar-refractivity contribution in [1.82, 2.24) is 4.90 Å².